The summed E-state index contributed by atoms with van der Waals surface area (Å²) in [5, 5.41) is 10.0. The third-order valence-electron chi connectivity index (χ3n) is 5.06. The summed E-state index contributed by atoms with van der Waals surface area (Å²) in [6.07, 6.45) is 2.92. The quantitative estimate of drug-likeness (QED) is 0.320. The fourth-order valence-electron chi connectivity index (χ4n) is 3.45. The number of amides is 1. The van der Waals surface area contributed by atoms with Gasteiger partial charge >= 0.3 is 0 Å². The first-order valence-electron chi connectivity index (χ1n) is 10.3. The number of nitrogens with one attached hydrogen (secondary N) is 2. The highest BCUT2D eigenvalue weighted by Crippen LogP contribution is 2.14. The van der Waals surface area contributed by atoms with Gasteiger partial charge in [0, 0.05) is 43.9 Å². The van der Waals surface area contributed by atoms with Crippen LogP contribution in [0.3, 0.4) is 0 Å². The second kappa shape index (κ2) is 12.2. The zero-order chi connectivity index (χ0) is 20.6. The second-order valence-electron chi connectivity index (χ2n) is 7.71. The summed E-state index contributed by atoms with van der Waals surface area (Å²) in [5.74, 6) is 1.03. The topological polar surface area (TPSA) is 69.6 Å². The first-order chi connectivity index (χ1) is 14.0. The van der Waals surface area contributed by atoms with E-state index in [2.05, 4.69) is 45.3 Å². The predicted molar refractivity (Wildman–Crippen MR) is 135 cm³/mol. The van der Waals surface area contributed by atoms with E-state index in [4.69, 9.17) is 4.98 Å². The van der Waals surface area contributed by atoms with Crippen LogP contribution in [0.4, 0.5) is 0 Å². The minimum Gasteiger partial charge on any atom is -0.352 e. The summed E-state index contributed by atoms with van der Waals surface area (Å²) in [6, 6.07) is 10.7. The van der Waals surface area contributed by atoms with Gasteiger partial charge < -0.3 is 15.5 Å². The molecule has 1 aliphatic heterocycles. The molecule has 1 aliphatic rings. The highest BCUT2D eigenvalue weighted by Gasteiger charge is 2.27. The third-order valence-corrected chi connectivity index (χ3v) is 6.02. The van der Waals surface area contributed by atoms with Crippen molar-refractivity contribution in [2.24, 2.45) is 10.9 Å². The number of thiazole rings is 1. The normalized spacial score (nSPS) is 16.5. The molecule has 1 fully saturated rings. The molecule has 2 heterocycles. The Kier molecular flexibility index (Phi) is 10.0. The Morgan fingerprint density at radius 2 is 2.07 bits per heavy atom. The van der Waals surface area contributed by atoms with Crippen LogP contribution in [0.5, 0.6) is 0 Å². The van der Waals surface area contributed by atoms with Gasteiger partial charge in [0.15, 0.2) is 5.96 Å². The van der Waals surface area contributed by atoms with Crippen molar-refractivity contribution in [1.29, 1.82) is 0 Å². The van der Waals surface area contributed by atoms with Gasteiger partial charge in [-0.2, -0.15) is 0 Å². The fraction of sp³-hybridized carbons (Fsp3) is 0.500. The van der Waals surface area contributed by atoms with Crippen molar-refractivity contribution in [3.63, 3.8) is 0 Å². The summed E-state index contributed by atoms with van der Waals surface area (Å²) >= 11 is 1.71. The number of halogens is 1. The largest absolute Gasteiger partial charge is 0.352 e. The van der Waals surface area contributed by atoms with Gasteiger partial charge in [-0.15, -0.1) is 35.3 Å². The highest BCUT2D eigenvalue weighted by atomic mass is 127. The highest BCUT2D eigenvalue weighted by molar-refractivity contribution is 14.0. The van der Waals surface area contributed by atoms with Crippen LogP contribution in [-0.2, 0) is 24.2 Å². The Labute approximate surface area is 200 Å². The van der Waals surface area contributed by atoms with Crippen molar-refractivity contribution in [3.05, 3.63) is 52.0 Å². The van der Waals surface area contributed by atoms with E-state index in [1.807, 2.05) is 24.8 Å². The minimum absolute atomic E-state index is 0. The van der Waals surface area contributed by atoms with Crippen LogP contribution < -0.4 is 10.6 Å². The lowest BCUT2D eigenvalue weighted by Gasteiger charge is -2.20. The summed E-state index contributed by atoms with van der Waals surface area (Å²) < 4.78 is 0. The van der Waals surface area contributed by atoms with Gasteiger partial charge in [-0.05, 0) is 18.4 Å². The predicted octanol–water partition coefficient (Wildman–Crippen LogP) is 3.47. The number of hydrogen-bond donors (Lipinski definition) is 2. The van der Waals surface area contributed by atoms with E-state index in [0.29, 0.717) is 6.54 Å². The molecule has 1 aromatic carbocycles. The van der Waals surface area contributed by atoms with Crippen molar-refractivity contribution in [1.82, 2.24) is 20.5 Å². The molecule has 0 aliphatic carbocycles. The Balaban J connectivity index is 0.00000320. The van der Waals surface area contributed by atoms with Crippen molar-refractivity contribution < 1.29 is 4.79 Å². The van der Waals surface area contributed by atoms with Gasteiger partial charge in [0.05, 0.1) is 17.2 Å². The lowest BCUT2D eigenvalue weighted by atomic mass is 10.1. The Hall–Kier alpha value is -1.68. The molecule has 3 rings (SSSR count). The molecule has 1 atom stereocenters. The number of guanidine groups is 1. The molecule has 0 radical (unpaired) electrons. The van der Waals surface area contributed by atoms with Crippen molar-refractivity contribution in [2.45, 2.75) is 45.7 Å². The number of benzene rings is 1. The molecule has 2 N–H and O–H groups in total. The number of likely N-dealkylation sites (tertiary alicyclic amines) is 1. The van der Waals surface area contributed by atoms with E-state index in [1.54, 1.807) is 18.4 Å². The summed E-state index contributed by atoms with van der Waals surface area (Å²) in [5.41, 5.74) is 2.37. The number of aliphatic imine (C=N–C) groups is 1. The van der Waals surface area contributed by atoms with Gasteiger partial charge in [-0.1, -0.05) is 44.2 Å². The molecular weight excluding hydrogens is 509 g/mol. The standard InChI is InChI=1S/C22H31N5OS.HI/c1-16(2)21(28)27-12-11-18(14-27)26-22(23-3)24-13-19-15-29-20(25-19)10-9-17-7-5-4-6-8-17;/h4-8,15-16,18H,9-14H2,1-3H3,(H2,23,24,26);1H. The maximum Gasteiger partial charge on any atom is 0.225 e. The zero-order valence-corrected chi connectivity index (χ0v) is 21.1. The average molecular weight is 542 g/mol. The van der Waals surface area contributed by atoms with Crippen LogP contribution in [0.2, 0.25) is 0 Å². The first kappa shape index (κ1) is 24.6. The van der Waals surface area contributed by atoms with Gasteiger partial charge in [0.25, 0.3) is 0 Å². The van der Waals surface area contributed by atoms with Crippen LogP contribution in [0.15, 0.2) is 40.7 Å². The number of aryl methyl sites for hydroxylation is 2. The third kappa shape index (κ3) is 7.23. The van der Waals surface area contributed by atoms with E-state index in [9.17, 15) is 4.79 Å². The molecule has 0 saturated carbocycles. The van der Waals surface area contributed by atoms with Crippen LogP contribution in [0.25, 0.3) is 0 Å². The Bertz CT molecular complexity index is 824. The fourth-order valence-corrected chi connectivity index (χ4v) is 4.24. The summed E-state index contributed by atoms with van der Waals surface area (Å²) in [7, 11) is 1.77. The maximum absolute atomic E-state index is 12.1. The van der Waals surface area contributed by atoms with Gasteiger partial charge in [0.2, 0.25) is 5.91 Å². The van der Waals surface area contributed by atoms with Crippen molar-refractivity contribution >= 4 is 47.2 Å². The Morgan fingerprint density at radius 1 is 1.30 bits per heavy atom. The maximum atomic E-state index is 12.1. The van der Waals surface area contributed by atoms with Crippen LogP contribution >= 0.6 is 35.3 Å². The molecule has 1 amide bonds. The number of nitrogens with zero attached hydrogens (tertiary/aromatic N) is 3. The van der Waals surface area contributed by atoms with Gasteiger partial charge in [-0.3, -0.25) is 9.79 Å². The summed E-state index contributed by atoms with van der Waals surface area (Å²) in [4.78, 5) is 23.1. The van der Waals surface area contributed by atoms with Crippen LogP contribution in [0.1, 0.15) is 36.5 Å². The molecule has 1 unspecified atom stereocenters. The lowest BCUT2D eigenvalue weighted by molar-refractivity contribution is -0.133. The van der Waals surface area contributed by atoms with Crippen molar-refractivity contribution in [2.75, 3.05) is 20.1 Å². The molecule has 164 valence electrons. The van der Waals surface area contributed by atoms with Crippen LogP contribution in [-0.4, -0.2) is 47.9 Å². The van der Waals surface area contributed by atoms with Gasteiger partial charge in [-0.25, -0.2) is 4.98 Å². The van der Waals surface area contributed by atoms with E-state index in [1.165, 1.54) is 5.56 Å². The van der Waals surface area contributed by atoms with E-state index >= 15 is 0 Å². The molecule has 0 bridgehead atoms. The molecule has 1 saturated heterocycles. The molecule has 30 heavy (non-hydrogen) atoms. The number of rotatable bonds is 7. The lowest BCUT2D eigenvalue weighted by Crippen LogP contribution is -2.45. The Morgan fingerprint density at radius 3 is 2.77 bits per heavy atom. The molecule has 2 aromatic rings. The number of hydrogen-bond acceptors (Lipinski definition) is 4. The average Bonchev–Trinajstić information content (AvgIpc) is 3.39. The molecule has 8 heteroatoms. The molecule has 6 nitrogen and oxygen atoms in total. The smallest absolute Gasteiger partial charge is 0.225 e. The first-order valence-corrected chi connectivity index (χ1v) is 11.2. The second-order valence-corrected chi connectivity index (χ2v) is 8.66. The minimum atomic E-state index is 0. The van der Waals surface area contributed by atoms with Crippen molar-refractivity contribution in [3.8, 4) is 0 Å². The number of aromatic nitrogens is 1. The van der Waals surface area contributed by atoms with E-state index < -0.39 is 0 Å². The number of carbonyl (C=O) groups is 1. The van der Waals surface area contributed by atoms with E-state index in [0.717, 1.165) is 49.0 Å². The SMILES string of the molecule is CN=C(NCc1csc(CCc2ccccc2)n1)NC1CCN(C(=O)C(C)C)C1.I. The van der Waals surface area contributed by atoms with E-state index in [-0.39, 0.29) is 41.8 Å². The summed E-state index contributed by atoms with van der Waals surface area (Å²) in [6.45, 7) is 6.08. The molecular formula is C22H32IN5OS. The monoisotopic (exact) mass is 541 g/mol. The molecule has 0 spiro atoms. The van der Waals surface area contributed by atoms with Gasteiger partial charge in [0.1, 0.15) is 0 Å². The number of carbonyl (C=O) groups excluding carboxylic acids is 1. The zero-order valence-electron chi connectivity index (χ0n) is 17.9. The molecule has 1 aromatic heterocycles. The van der Waals surface area contributed by atoms with Crippen LogP contribution in [0, 0.1) is 5.92 Å².